The summed E-state index contributed by atoms with van der Waals surface area (Å²) < 4.78 is 1.97. The highest BCUT2D eigenvalue weighted by atomic mass is 16.2. The van der Waals surface area contributed by atoms with E-state index in [0.717, 1.165) is 68.7 Å². The van der Waals surface area contributed by atoms with E-state index in [2.05, 4.69) is 23.2 Å². The van der Waals surface area contributed by atoms with Crippen molar-refractivity contribution in [1.82, 2.24) is 9.47 Å². The Hall–Kier alpha value is -2.40. The molecule has 31 heavy (non-hydrogen) atoms. The van der Waals surface area contributed by atoms with Crippen molar-refractivity contribution in [3.63, 3.8) is 0 Å². The van der Waals surface area contributed by atoms with E-state index in [0.29, 0.717) is 17.8 Å². The van der Waals surface area contributed by atoms with Crippen LogP contribution in [0.15, 0.2) is 47.3 Å². The monoisotopic (exact) mass is 419 g/mol. The molecule has 1 amide bonds. The van der Waals surface area contributed by atoms with Crippen LogP contribution < -0.4 is 10.9 Å². The summed E-state index contributed by atoms with van der Waals surface area (Å²) >= 11 is 0. The third kappa shape index (κ3) is 3.63. The van der Waals surface area contributed by atoms with Crippen molar-refractivity contribution in [2.24, 2.45) is 11.8 Å². The minimum Gasteiger partial charge on any atom is -0.324 e. The molecule has 2 bridgehead atoms. The fraction of sp³-hybridized carbons (Fsp3) is 0.538. The number of carbonyl (C=O) groups excluding carboxylic acids is 1. The predicted molar refractivity (Wildman–Crippen MR) is 123 cm³/mol. The quantitative estimate of drug-likeness (QED) is 0.813. The van der Waals surface area contributed by atoms with Crippen molar-refractivity contribution >= 4 is 11.6 Å². The van der Waals surface area contributed by atoms with Crippen LogP contribution in [0.5, 0.6) is 0 Å². The number of anilines is 1. The number of nitrogens with one attached hydrogen (secondary N) is 1. The SMILES string of the molecule is Cc1ccccc1NC(=O)C1(N2CC3C[C@@H](C2)Cn2c3cccc2=O)CCC(C)CC1. The number of piperidine rings is 1. The van der Waals surface area contributed by atoms with E-state index in [4.69, 9.17) is 0 Å². The highest BCUT2D eigenvalue weighted by Crippen LogP contribution is 2.43. The lowest BCUT2D eigenvalue weighted by Gasteiger charge is -2.52. The Bertz CT molecular complexity index is 1030. The first kappa shape index (κ1) is 20.5. The fourth-order valence-electron chi connectivity index (χ4n) is 6.12. The molecule has 1 aliphatic carbocycles. The van der Waals surface area contributed by atoms with Gasteiger partial charge in [-0.05, 0) is 68.6 Å². The van der Waals surface area contributed by atoms with E-state index in [9.17, 15) is 9.59 Å². The number of carbonyl (C=O) groups is 1. The van der Waals surface area contributed by atoms with Crippen LogP contribution in [0.2, 0.25) is 0 Å². The Morgan fingerprint density at radius 3 is 2.58 bits per heavy atom. The number of likely N-dealkylation sites (tertiary alicyclic amines) is 1. The second-order valence-corrected chi connectivity index (χ2v) is 10.1. The summed E-state index contributed by atoms with van der Waals surface area (Å²) in [6.45, 7) is 6.87. The topological polar surface area (TPSA) is 54.3 Å². The molecular weight excluding hydrogens is 386 g/mol. The number of rotatable bonds is 3. The number of amides is 1. The number of para-hydroxylation sites is 1. The third-order valence-electron chi connectivity index (χ3n) is 8.00. The molecule has 1 aromatic heterocycles. The molecule has 0 radical (unpaired) electrons. The van der Waals surface area contributed by atoms with Crippen LogP contribution in [0.4, 0.5) is 5.69 Å². The summed E-state index contributed by atoms with van der Waals surface area (Å²) in [7, 11) is 0. The van der Waals surface area contributed by atoms with Crippen molar-refractivity contribution in [1.29, 1.82) is 0 Å². The second kappa shape index (κ2) is 7.94. The van der Waals surface area contributed by atoms with Crippen molar-refractivity contribution in [3.8, 4) is 0 Å². The van der Waals surface area contributed by atoms with E-state index in [1.54, 1.807) is 6.07 Å². The molecule has 2 aliphatic heterocycles. The summed E-state index contributed by atoms with van der Waals surface area (Å²) in [6, 6.07) is 13.7. The summed E-state index contributed by atoms with van der Waals surface area (Å²) in [5.74, 6) is 1.57. The number of hydrogen-bond acceptors (Lipinski definition) is 3. The molecule has 1 saturated heterocycles. The molecule has 164 valence electrons. The normalized spacial score (nSPS) is 30.5. The number of hydrogen-bond donors (Lipinski definition) is 1. The Morgan fingerprint density at radius 1 is 1.03 bits per heavy atom. The first-order valence-corrected chi connectivity index (χ1v) is 11.8. The van der Waals surface area contributed by atoms with Crippen LogP contribution >= 0.6 is 0 Å². The van der Waals surface area contributed by atoms with Gasteiger partial charge in [-0.15, -0.1) is 0 Å². The lowest BCUT2D eigenvalue weighted by atomic mass is 9.72. The summed E-state index contributed by atoms with van der Waals surface area (Å²) in [5.41, 5.74) is 2.81. The van der Waals surface area contributed by atoms with Gasteiger partial charge in [0.05, 0.1) is 0 Å². The maximum Gasteiger partial charge on any atom is 0.250 e. The molecule has 5 heteroatoms. The van der Waals surface area contributed by atoms with Gasteiger partial charge in [-0.2, -0.15) is 0 Å². The summed E-state index contributed by atoms with van der Waals surface area (Å²) in [4.78, 5) is 28.8. The summed E-state index contributed by atoms with van der Waals surface area (Å²) in [5, 5.41) is 3.29. The van der Waals surface area contributed by atoms with Gasteiger partial charge in [-0.3, -0.25) is 14.5 Å². The Balaban J connectivity index is 1.46. The zero-order chi connectivity index (χ0) is 21.6. The van der Waals surface area contributed by atoms with Gasteiger partial charge in [0.2, 0.25) is 5.91 Å². The minimum absolute atomic E-state index is 0.110. The molecule has 1 unspecified atom stereocenters. The number of fused-ring (bicyclic) bond motifs is 4. The van der Waals surface area contributed by atoms with E-state index in [1.807, 2.05) is 41.8 Å². The maximum absolute atomic E-state index is 13.9. The van der Waals surface area contributed by atoms with Crippen molar-refractivity contribution in [2.45, 2.75) is 64.0 Å². The zero-order valence-electron chi connectivity index (χ0n) is 18.6. The molecule has 2 aromatic rings. The number of pyridine rings is 1. The van der Waals surface area contributed by atoms with Gasteiger partial charge in [0.25, 0.3) is 5.56 Å². The van der Waals surface area contributed by atoms with Crippen molar-refractivity contribution < 1.29 is 4.79 Å². The van der Waals surface area contributed by atoms with Gasteiger partial charge in [0, 0.05) is 43.0 Å². The first-order chi connectivity index (χ1) is 15.0. The Morgan fingerprint density at radius 2 is 1.81 bits per heavy atom. The van der Waals surface area contributed by atoms with E-state index in [-0.39, 0.29) is 11.5 Å². The van der Waals surface area contributed by atoms with Crippen LogP contribution in [0.3, 0.4) is 0 Å². The smallest absolute Gasteiger partial charge is 0.250 e. The van der Waals surface area contributed by atoms with E-state index < -0.39 is 5.54 Å². The molecule has 1 saturated carbocycles. The number of nitrogens with zero attached hydrogens (tertiary/aromatic N) is 2. The van der Waals surface area contributed by atoms with Crippen LogP contribution in [0.25, 0.3) is 0 Å². The third-order valence-corrected chi connectivity index (χ3v) is 8.00. The van der Waals surface area contributed by atoms with Gasteiger partial charge in [0.1, 0.15) is 5.54 Å². The Kier molecular flexibility index (Phi) is 5.25. The molecule has 0 spiro atoms. The molecule has 2 atom stereocenters. The molecule has 2 fully saturated rings. The van der Waals surface area contributed by atoms with Gasteiger partial charge >= 0.3 is 0 Å². The predicted octanol–water partition coefficient (Wildman–Crippen LogP) is 4.16. The second-order valence-electron chi connectivity index (χ2n) is 10.1. The Labute approximate surface area is 184 Å². The molecule has 3 heterocycles. The number of benzene rings is 1. The largest absolute Gasteiger partial charge is 0.324 e. The standard InChI is InChI=1S/C26H33N3O2/c1-18-10-12-26(13-11-18,25(31)27-22-7-4-3-6-19(22)2)28-15-20-14-21(17-28)23-8-5-9-24(30)29(23)16-20/h3-9,18,20-21H,10-17H2,1-2H3,(H,27,31)/t18?,20-,21?,26?/m0/s1. The zero-order valence-corrected chi connectivity index (χ0v) is 18.6. The highest BCUT2D eigenvalue weighted by Gasteiger charge is 2.49. The van der Waals surface area contributed by atoms with Gasteiger partial charge < -0.3 is 9.88 Å². The van der Waals surface area contributed by atoms with Crippen molar-refractivity contribution in [3.05, 3.63) is 64.1 Å². The first-order valence-electron chi connectivity index (χ1n) is 11.8. The molecular formula is C26H33N3O2. The molecule has 5 rings (SSSR count). The minimum atomic E-state index is -0.455. The van der Waals surface area contributed by atoms with Crippen molar-refractivity contribution in [2.75, 3.05) is 18.4 Å². The van der Waals surface area contributed by atoms with Gasteiger partial charge in [-0.25, -0.2) is 0 Å². The van der Waals surface area contributed by atoms with E-state index >= 15 is 0 Å². The molecule has 1 aromatic carbocycles. The lowest BCUT2D eigenvalue weighted by Crippen LogP contribution is -2.63. The summed E-state index contributed by atoms with van der Waals surface area (Å²) in [6.07, 6.45) is 5.11. The van der Waals surface area contributed by atoms with Gasteiger partial charge in [0.15, 0.2) is 0 Å². The van der Waals surface area contributed by atoms with Gasteiger partial charge in [-0.1, -0.05) is 31.2 Å². The van der Waals surface area contributed by atoms with Crippen LogP contribution in [-0.4, -0.2) is 34.0 Å². The molecule has 1 N–H and O–H groups in total. The maximum atomic E-state index is 13.9. The molecule has 3 aliphatic rings. The van der Waals surface area contributed by atoms with E-state index in [1.165, 1.54) is 0 Å². The highest BCUT2D eigenvalue weighted by molar-refractivity contribution is 5.98. The number of aromatic nitrogens is 1. The fourth-order valence-corrected chi connectivity index (χ4v) is 6.12. The lowest BCUT2D eigenvalue weighted by molar-refractivity contribution is -0.134. The number of aryl methyl sites for hydroxylation is 1. The average Bonchev–Trinajstić information content (AvgIpc) is 2.77. The van der Waals surface area contributed by atoms with Crippen LogP contribution in [0, 0.1) is 18.8 Å². The van der Waals surface area contributed by atoms with Crippen LogP contribution in [-0.2, 0) is 11.3 Å². The van der Waals surface area contributed by atoms with Crippen LogP contribution in [0.1, 0.15) is 56.2 Å². The molecule has 5 nitrogen and oxygen atoms in total. The average molecular weight is 420 g/mol.